The second-order valence-corrected chi connectivity index (χ2v) is 12.0. The zero-order valence-corrected chi connectivity index (χ0v) is 20.6. The molecule has 3 N–H and O–H groups in total. The Kier molecular flexibility index (Phi) is 7.02. The van der Waals surface area contributed by atoms with E-state index in [4.69, 9.17) is 0 Å². The van der Waals surface area contributed by atoms with Gasteiger partial charge in [0.2, 0.25) is 17.7 Å². The minimum Gasteiger partial charge on any atom is -0.394 e. The Morgan fingerprint density at radius 3 is 2.45 bits per heavy atom. The van der Waals surface area contributed by atoms with E-state index >= 15 is 0 Å². The van der Waals surface area contributed by atoms with Gasteiger partial charge in [-0.1, -0.05) is 27.2 Å². The molecule has 0 aromatic rings. The largest absolute Gasteiger partial charge is 0.394 e. The van der Waals surface area contributed by atoms with Crippen molar-refractivity contribution in [2.75, 3.05) is 13.2 Å². The van der Waals surface area contributed by atoms with E-state index in [1.54, 1.807) is 16.7 Å². The lowest BCUT2D eigenvalue weighted by Crippen LogP contribution is -2.58. The van der Waals surface area contributed by atoms with Crippen molar-refractivity contribution in [2.45, 2.75) is 94.8 Å². The molecule has 0 aliphatic carbocycles. The molecule has 7 atom stereocenters. The molecule has 0 saturated carbocycles. The molecule has 3 heterocycles. The fourth-order valence-electron chi connectivity index (χ4n) is 5.96. The summed E-state index contributed by atoms with van der Waals surface area (Å²) in [7, 11) is 0. The number of carbonyl (C=O) groups is 3. The van der Waals surface area contributed by atoms with E-state index in [9.17, 15) is 19.5 Å². The van der Waals surface area contributed by atoms with E-state index in [-0.39, 0.29) is 41.0 Å². The first kappa shape index (κ1) is 24.4. The Labute approximate surface area is 190 Å². The smallest absolute Gasteiger partial charge is 0.244 e. The number of aliphatic hydroxyl groups excluding tert-OH is 1. The lowest BCUT2D eigenvalue weighted by atomic mass is 9.66. The van der Waals surface area contributed by atoms with E-state index in [0.717, 1.165) is 25.7 Å². The highest BCUT2D eigenvalue weighted by Crippen LogP contribution is 2.71. The van der Waals surface area contributed by atoms with Gasteiger partial charge in [-0.15, -0.1) is 11.8 Å². The highest BCUT2D eigenvalue weighted by atomic mass is 32.2. The van der Waals surface area contributed by atoms with Crippen molar-refractivity contribution in [3.8, 4) is 0 Å². The summed E-state index contributed by atoms with van der Waals surface area (Å²) in [6.07, 6.45) is 3.15. The molecule has 0 aromatic carbocycles. The van der Waals surface area contributed by atoms with Gasteiger partial charge in [-0.05, 0) is 46.0 Å². The Hall–Kier alpha value is -1.28. The fraction of sp³-hybridized carbons (Fsp3) is 0.870. The van der Waals surface area contributed by atoms with Crippen LogP contribution in [-0.2, 0) is 14.4 Å². The summed E-state index contributed by atoms with van der Waals surface area (Å²) in [6.45, 7) is 12.3. The monoisotopic (exact) mass is 453 g/mol. The number of rotatable bonds is 9. The molecule has 3 aliphatic rings. The van der Waals surface area contributed by atoms with Crippen LogP contribution < -0.4 is 10.6 Å². The first-order valence-corrected chi connectivity index (χ1v) is 12.6. The number of nitrogens with one attached hydrogen (secondary N) is 2. The minimum absolute atomic E-state index is 0.0451. The van der Waals surface area contributed by atoms with Crippen molar-refractivity contribution in [3.05, 3.63) is 0 Å². The number of aliphatic hydroxyl groups is 1. The molecule has 176 valence electrons. The third-order valence-electron chi connectivity index (χ3n) is 7.57. The Balaban J connectivity index is 2.08. The number of nitrogens with zero attached hydrogens (tertiary/aromatic N) is 1. The second-order valence-electron chi connectivity index (χ2n) is 10.1. The van der Waals surface area contributed by atoms with Crippen LogP contribution in [-0.4, -0.2) is 68.5 Å². The van der Waals surface area contributed by atoms with Crippen LogP contribution in [0.15, 0.2) is 0 Å². The van der Waals surface area contributed by atoms with E-state index in [0.29, 0.717) is 6.54 Å². The highest BCUT2D eigenvalue weighted by molar-refractivity contribution is 8.02. The zero-order valence-electron chi connectivity index (χ0n) is 19.7. The standard InChI is InChI=1S/C23H39N3O4S/c1-7-11-24-19(28)16-17-21(30)26(15(12-27)14(5)8-2)18(20(29)25-13(3)4)23(17)10-9-22(16,6)31-23/h13-18,27H,7-12H2,1-6H3,(H,24,28)(H,25,29)/t14-,15-,16+,17-,18?,22-,23?/m0/s1. The molecule has 3 rings (SSSR count). The number of carbonyl (C=O) groups excluding carboxylic acids is 3. The summed E-state index contributed by atoms with van der Waals surface area (Å²) < 4.78 is -0.981. The fourth-order valence-corrected chi connectivity index (χ4v) is 8.30. The van der Waals surface area contributed by atoms with Crippen molar-refractivity contribution in [2.24, 2.45) is 17.8 Å². The predicted octanol–water partition coefficient (Wildman–Crippen LogP) is 1.93. The van der Waals surface area contributed by atoms with Crippen LogP contribution in [0.1, 0.15) is 67.2 Å². The third-order valence-corrected chi connectivity index (χ3v) is 9.56. The molecule has 31 heavy (non-hydrogen) atoms. The summed E-state index contributed by atoms with van der Waals surface area (Å²) in [5.41, 5.74) is 0. The van der Waals surface area contributed by atoms with E-state index in [2.05, 4.69) is 17.6 Å². The minimum atomic E-state index is -0.672. The molecule has 2 unspecified atom stereocenters. The lowest BCUT2D eigenvalue weighted by Gasteiger charge is -2.39. The Bertz CT molecular complexity index is 732. The van der Waals surface area contributed by atoms with Crippen LogP contribution in [0.5, 0.6) is 0 Å². The molecule has 3 aliphatic heterocycles. The number of thioether (sulfide) groups is 1. The molecular weight excluding hydrogens is 414 g/mol. The molecule has 2 bridgehead atoms. The average molecular weight is 454 g/mol. The van der Waals surface area contributed by atoms with Crippen LogP contribution in [0.3, 0.4) is 0 Å². The molecule has 3 fully saturated rings. The van der Waals surface area contributed by atoms with Crippen molar-refractivity contribution < 1.29 is 19.5 Å². The van der Waals surface area contributed by atoms with E-state index < -0.39 is 28.7 Å². The molecule has 8 heteroatoms. The average Bonchev–Trinajstić information content (AvgIpc) is 3.27. The summed E-state index contributed by atoms with van der Waals surface area (Å²) in [5.74, 6) is -1.33. The van der Waals surface area contributed by atoms with Crippen molar-refractivity contribution in [1.82, 2.24) is 15.5 Å². The quantitative estimate of drug-likeness (QED) is 0.495. The van der Waals surface area contributed by atoms with Crippen molar-refractivity contribution in [1.29, 1.82) is 0 Å². The molecule has 0 radical (unpaired) electrons. The van der Waals surface area contributed by atoms with Crippen LogP contribution in [0, 0.1) is 17.8 Å². The summed E-state index contributed by atoms with van der Waals surface area (Å²) in [4.78, 5) is 42.4. The molecule has 3 amide bonds. The SMILES string of the molecule is CCCNC(=O)[C@H]1[C@H]2C(=O)N([C@@H](CO)[C@@H](C)CC)C(C(=O)NC(C)C)C23CC[C@]1(C)S3. The van der Waals surface area contributed by atoms with Gasteiger partial charge in [-0.25, -0.2) is 0 Å². The molecular formula is C23H39N3O4S. The highest BCUT2D eigenvalue weighted by Gasteiger charge is 2.77. The number of amides is 3. The molecule has 0 aromatic heterocycles. The molecule has 7 nitrogen and oxygen atoms in total. The van der Waals surface area contributed by atoms with Crippen LogP contribution in [0.4, 0.5) is 0 Å². The molecule has 1 spiro atoms. The maximum absolute atomic E-state index is 14.0. The number of fused-ring (bicyclic) bond motifs is 1. The van der Waals surface area contributed by atoms with E-state index in [1.165, 1.54) is 0 Å². The van der Waals surface area contributed by atoms with Gasteiger partial charge in [0.15, 0.2) is 0 Å². The normalized spacial score (nSPS) is 35.9. The maximum Gasteiger partial charge on any atom is 0.244 e. The summed E-state index contributed by atoms with van der Waals surface area (Å²) >= 11 is 1.67. The number of likely N-dealkylation sites (tertiary alicyclic amines) is 1. The van der Waals surface area contributed by atoms with Crippen LogP contribution in [0.2, 0.25) is 0 Å². The van der Waals surface area contributed by atoms with Gasteiger partial charge >= 0.3 is 0 Å². The van der Waals surface area contributed by atoms with Crippen molar-refractivity contribution >= 4 is 29.5 Å². The van der Waals surface area contributed by atoms with Gasteiger partial charge in [0.05, 0.1) is 29.2 Å². The third kappa shape index (κ3) is 3.77. The zero-order chi connectivity index (χ0) is 23.1. The Morgan fingerprint density at radius 1 is 1.23 bits per heavy atom. The lowest BCUT2D eigenvalue weighted by molar-refractivity contribution is -0.144. The predicted molar refractivity (Wildman–Crippen MR) is 122 cm³/mol. The van der Waals surface area contributed by atoms with Gasteiger partial charge in [-0.3, -0.25) is 14.4 Å². The van der Waals surface area contributed by atoms with Gasteiger partial charge in [0.1, 0.15) is 6.04 Å². The summed E-state index contributed by atoms with van der Waals surface area (Å²) in [5, 5.41) is 16.3. The van der Waals surface area contributed by atoms with Crippen molar-refractivity contribution in [3.63, 3.8) is 0 Å². The second kappa shape index (κ2) is 8.93. The molecule has 3 saturated heterocycles. The maximum atomic E-state index is 14.0. The summed E-state index contributed by atoms with van der Waals surface area (Å²) in [6, 6.07) is -1.17. The van der Waals surface area contributed by atoms with E-state index in [1.807, 2.05) is 34.6 Å². The topological polar surface area (TPSA) is 98.7 Å². The van der Waals surface area contributed by atoms with Crippen LogP contribution in [0.25, 0.3) is 0 Å². The first-order valence-electron chi connectivity index (χ1n) is 11.8. The Morgan fingerprint density at radius 2 is 1.90 bits per heavy atom. The van der Waals surface area contributed by atoms with Gasteiger partial charge < -0.3 is 20.6 Å². The number of hydrogen-bond donors (Lipinski definition) is 3. The van der Waals surface area contributed by atoms with Crippen LogP contribution >= 0.6 is 11.8 Å². The van der Waals surface area contributed by atoms with Gasteiger partial charge in [0, 0.05) is 17.3 Å². The van der Waals surface area contributed by atoms with Gasteiger partial charge in [-0.2, -0.15) is 0 Å². The first-order chi connectivity index (χ1) is 14.6. The number of hydrogen-bond acceptors (Lipinski definition) is 5. The van der Waals surface area contributed by atoms with Gasteiger partial charge in [0.25, 0.3) is 0 Å².